The Balaban J connectivity index is 1.67. The molecule has 0 radical (unpaired) electrons. The number of fused-ring (bicyclic) bond motifs is 1. The molecular formula is C16H26N2O2S. The predicted molar refractivity (Wildman–Crippen MR) is 84.7 cm³/mol. The topological polar surface area (TPSA) is 54.4 Å². The van der Waals surface area contributed by atoms with Crippen LogP contribution < -0.4 is 5.32 Å². The molecule has 2 N–H and O–H groups in total. The van der Waals surface area contributed by atoms with Crippen LogP contribution in [0.2, 0.25) is 0 Å². The molecule has 1 unspecified atom stereocenters. The highest BCUT2D eigenvalue weighted by atomic mass is 32.1. The van der Waals surface area contributed by atoms with Crippen molar-refractivity contribution in [3.63, 3.8) is 0 Å². The van der Waals surface area contributed by atoms with Gasteiger partial charge in [-0.05, 0) is 38.5 Å². The normalized spacial score (nSPS) is 24.8. The fraction of sp³-hybridized carbons (Fsp3) is 0.812. The molecule has 2 heterocycles. The second-order valence-electron chi connectivity index (χ2n) is 6.37. The highest BCUT2D eigenvalue weighted by Crippen LogP contribution is 2.36. The third kappa shape index (κ3) is 3.31. The summed E-state index contributed by atoms with van der Waals surface area (Å²) in [7, 11) is 0. The summed E-state index contributed by atoms with van der Waals surface area (Å²) in [6, 6.07) is 0.429. The first kappa shape index (κ1) is 15.4. The Labute approximate surface area is 130 Å². The maximum Gasteiger partial charge on any atom is 0.0928 e. The highest BCUT2D eigenvalue weighted by molar-refractivity contribution is 7.11. The molecule has 0 spiro atoms. The zero-order valence-electron chi connectivity index (χ0n) is 12.9. The minimum atomic E-state index is 0.00807. The fourth-order valence-electron chi connectivity index (χ4n) is 3.35. The number of aliphatic hydroxyl groups is 1. The Morgan fingerprint density at radius 3 is 2.95 bits per heavy atom. The van der Waals surface area contributed by atoms with Crippen molar-refractivity contribution in [2.75, 3.05) is 26.4 Å². The standard InChI is InChI=1S/C16H26N2O2S/c1-2-14-18-13-5-3-4-12(15(13)21-14)17-10-16(11-19)6-8-20-9-7-16/h12,17,19H,2-11H2,1H3. The maximum atomic E-state index is 9.80. The zero-order valence-corrected chi connectivity index (χ0v) is 13.7. The van der Waals surface area contributed by atoms with Crippen LogP contribution in [0.4, 0.5) is 0 Å². The zero-order chi connectivity index (χ0) is 14.7. The number of hydrogen-bond donors (Lipinski definition) is 2. The lowest BCUT2D eigenvalue weighted by atomic mass is 9.80. The van der Waals surface area contributed by atoms with Gasteiger partial charge >= 0.3 is 0 Å². The summed E-state index contributed by atoms with van der Waals surface area (Å²) in [5, 5.41) is 14.8. The summed E-state index contributed by atoms with van der Waals surface area (Å²) < 4.78 is 5.45. The van der Waals surface area contributed by atoms with Gasteiger partial charge in [0.05, 0.1) is 17.3 Å². The van der Waals surface area contributed by atoms with E-state index in [-0.39, 0.29) is 12.0 Å². The molecule has 21 heavy (non-hydrogen) atoms. The number of rotatable bonds is 5. The lowest BCUT2D eigenvalue weighted by Crippen LogP contribution is -2.43. The van der Waals surface area contributed by atoms with Crippen LogP contribution in [-0.2, 0) is 17.6 Å². The minimum absolute atomic E-state index is 0.00807. The first-order valence-electron chi connectivity index (χ1n) is 8.17. The molecule has 0 bridgehead atoms. The van der Waals surface area contributed by atoms with Gasteiger partial charge in [-0.15, -0.1) is 11.3 Å². The van der Waals surface area contributed by atoms with Crippen LogP contribution >= 0.6 is 11.3 Å². The molecule has 118 valence electrons. The van der Waals surface area contributed by atoms with Crippen molar-refractivity contribution in [2.45, 2.75) is 51.5 Å². The van der Waals surface area contributed by atoms with E-state index < -0.39 is 0 Å². The summed E-state index contributed by atoms with van der Waals surface area (Å²) in [4.78, 5) is 6.20. The van der Waals surface area contributed by atoms with Crippen molar-refractivity contribution in [1.82, 2.24) is 10.3 Å². The number of aromatic nitrogens is 1. The van der Waals surface area contributed by atoms with E-state index in [0.717, 1.165) is 45.4 Å². The SMILES string of the molecule is CCc1nc2c(s1)C(NCC1(CO)CCOCC1)CCC2. The maximum absolute atomic E-state index is 9.80. The molecule has 5 heteroatoms. The molecular weight excluding hydrogens is 284 g/mol. The number of ether oxygens (including phenoxy) is 1. The summed E-state index contributed by atoms with van der Waals surface area (Å²) in [6.45, 7) is 4.87. The second kappa shape index (κ2) is 6.73. The third-order valence-corrected chi connectivity index (χ3v) is 6.27. The first-order valence-corrected chi connectivity index (χ1v) is 8.98. The molecule has 2 aliphatic rings. The van der Waals surface area contributed by atoms with Crippen LogP contribution in [-0.4, -0.2) is 36.5 Å². The van der Waals surface area contributed by atoms with E-state index in [9.17, 15) is 5.11 Å². The van der Waals surface area contributed by atoms with Gasteiger partial charge in [0.25, 0.3) is 0 Å². The summed E-state index contributed by atoms with van der Waals surface area (Å²) >= 11 is 1.88. The molecule has 1 aromatic rings. The van der Waals surface area contributed by atoms with Crippen molar-refractivity contribution in [3.8, 4) is 0 Å². The minimum Gasteiger partial charge on any atom is -0.396 e. The van der Waals surface area contributed by atoms with Gasteiger partial charge < -0.3 is 15.2 Å². The van der Waals surface area contributed by atoms with E-state index in [1.807, 2.05) is 11.3 Å². The van der Waals surface area contributed by atoms with Crippen molar-refractivity contribution in [3.05, 3.63) is 15.6 Å². The summed E-state index contributed by atoms with van der Waals surface area (Å²) in [5.41, 5.74) is 1.32. The molecule has 4 nitrogen and oxygen atoms in total. The second-order valence-corrected chi connectivity index (χ2v) is 7.48. The van der Waals surface area contributed by atoms with Crippen molar-refractivity contribution < 1.29 is 9.84 Å². The Bertz CT molecular complexity index is 469. The molecule has 0 aromatic carbocycles. The van der Waals surface area contributed by atoms with Gasteiger partial charge in [0.15, 0.2) is 0 Å². The van der Waals surface area contributed by atoms with E-state index in [2.05, 4.69) is 12.2 Å². The molecule has 3 rings (SSSR count). The largest absolute Gasteiger partial charge is 0.396 e. The van der Waals surface area contributed by atoms with E-state index in [4.69, 9.17) is 9.72 Å². The number of nitrogens with one attached hydrogen (secondary N) is 1. The Kier molecular flexibility index (Phi) is 4.94. The molecule has 1 aromatic heterocycles. The van der Waals surface area contributed by atoms with E-state index in [0.29, 0.717) is 6.04 Å². The van der Waals surface area contributed by atoms with Crippen molar-refractivity contribution in [1.29, 1.82) is 0 Å². The number of aryl methyl sites for hydroxylation is 2. The summed E-state index contributed by atoms with van der Waals surface area (Å²) in [5.74, 6) is 0. The number of nitrogens with zero attached hydrogens (tertiary/aromatic N) is 1. The van der Waals surface area contributed by atoms with Gasteiger partial charge in [-0.2, -0.15) is 0 Å². The van der Waals surface area contributed by atoms with E-state index >= 15 is 0 Å². The number of thiazole rings is 1. The highest BCUT2D eigenvalue weighted by Gasteiger charge is 2.33. The van der Waals surface area contributed by atoms with Gasteiger partial charge in [0.2, 0.25) is 0 Å². The predicted octanol–water partition coefficient (Wildman–Crippen LogP) is 2.46. The molecule has 0 saturated carbocycles. The first-order chi connectivity index (χ1) is 10.3. The Morgan fingerprint density at radius 1 is 1.43 bits per heavy atom. The quantitative estimate of drug-likeness (QED) is 0.877. The van der Waals surface area contributed by atoms with Crippen molar-refractivity contribution >= 4 is 11.3 Å². The van der Waals surface area contributed by atoms with Gasteiger partial charge in [0, 0.05) is 36.1 Å². The van der Waals surface area contributed by atoms with Crippen LogP contribution in [0.3, 0.4) is 0 Å². The number of aliphatic hydroxyl groups excluding tert-OH is 1. The molecule has 1 aliphatic carbocycles. The molecule has 1 atom stereocenters. The van der Waals surface area contributed by atoms with Crippen LogP contribution in [0, 0.1) is 5.41 Å². The molecule has 1 saturated heterocycles. The third-order valence-electron chi connectivity index (χ3n) is 4.91. The van der Waals surface area contributed by atoms with Crippen molar-refractivity contribution in [2.24, 2.45) is 5.41 Å². The van der Waals surface area contributed by atoms with Crippen LogP contribution in [0.25, 0.3) is 0 Å². The molecule has 1 fully saturated rings. The number of hydrogen-bond acceptors (Lipinski definition) is 5. The monoisotopic (exact) mass is 310 g/mol. The Morgan fingerprint density at radius 2 is 2.24 bits per heavy atom. The fourth-order valence-corrected chi connectivity index (χ4v) is 4.51. The van der Waals surface area contributed by atoms with Crippen LogP contribution in [0.15, 0.2) is 0 Å². The molecule has 1 aliphatic heterocycles. The summed E-state index contributed by atoms with van der Waals surface area (Å²) in [6.07, 6.45) is 6.48. The smallest absolute Gasteiger partial charge is 0.0928 e. The average Bonchev–Trinajstić information content (AvgIpc) is 2.97. The Hall–Kier alpha value is -0.490. The lowest BCUT2D eigenvalue weighted by molar-refractivity contribution is -0.0167. The average molecular weight is 310 g/mol. The van der Waals surface area contributed by atoms with Gasteiger partial charge in [-0.1, -0.05) is 6.92 Å². The van der Waals surface area contributed by atoms with E-state index in [1.165, 1.54) is 28.4 Å². The van der Waals surface area contributed by atoms with Gasteiger partial charge in [0.1, 0.15) is 0 Å². The lowest BCUT2D eigenvalue weighted by Gasteiger charge is -2.37. The molecule has 0 amide bonds. The van der Waals surface area contributed by atoms with Crippen LogP contribution in [0.1, 0.15) is 54.2 Å². The van der Waals surface area contributed by atoms with Gasteiger partial charge in [-0.3, -0.25) is 0 Å². The van der Waals surface area contributed by atoms with Crippen LogP contribution in [0.5, 0.6) is 0 Å². The van der Waals surface area contributed by atoms with E-state index in [1.54, 1.807) is 0 Å². The van der Waals surface area contributed by atoms with Gasteiger partial charge in [-0.25, -0.2) is 4.98 Å².